The van der Waals surface area contributed by atoms with E-state index in [2.05, 4.69) is 25.6 Å². The van der Waals surface area contributed by atoms with Crippen molar-refractivity contribution in [2.45, 2.75) is 63.3 Å². The highest BCUT2D eigenvalue weighted by Crippen LogP contribution is 2.31. The normalized spacial score (nSPS) is 24.6. The highest BCUT2D eigenvalue weighted by Gasteiger charge is 2.27. The number of nitrogens with one attached hydrogen (secondary N) is 2. The van der Waals surface area contributed by atoms with Gasteiger partial charge >= 0.3 is 0 Å². The number of hydrogen-bond donors (Lipinski definition) is 3. The molecule has 1 aromatic carbocycles. The van der Waals surface area contributed by atoms with Crippen molar-refractivity contribution in [1.29, 1.82) is 0 Å². The van der Waals surface area contributed by atoms with Gasteiger partial charge in [-0.05, 0) is 51.2 Å². The Morgan fingerprint density at radius 2 is 1.91 bits per heavy atom. The van der Waals surface area contributed by atoms with Crippen LogP contribution >= 0.6 is 0 Å². The van der Waals surface area contributed by atoms with E-state index < -0.39 is 0 Å². The van der Waals surface area contributed by atoms with Gasteiger partial charge < -0.3 is 25.8 Å². The quantitative estimate of drug-likeness (QED) is 0.477. The number of hydrogen-bond acceptors (Lipinski definition) is 8. The number of nitrogens with zero attached hydrogens (tertiary/aromatic N) is 3. The van der Waals surface area contributed by atoms with Gasteiger partial charge in [-0.2, -0.15) is 0 Å². The van der Waals surface area contributed by atoms with E-state index in [0.29, 0.717) is 23.8 Å². The maximum atomic E-state index is 12.4. The molecule has 4 N–H and O–H groups in total. The largest absolute Gasteiger partial charge is 0.488 e. The summed E-state index contributed by atoms with van der Waals surface area (Å²) in [5.41, 5.74) is 8.01. The summed E-state index contributed by atoms with van der Waals surface area (Å²) in [6, 6.07) is 7.94. The summed E-state index contributed by atoms with van der Waals surface area (Å²) in [5.74, 6) is 1.10. The van der Waals surface area contributed by atoms with E-state index in [1.807, 2.05) is 31.2 Å². The smallest absolute Gasteiger partial charge is 0.254 e. The fourth-order valence-corrected chi connectivity index (χ4v) is 4.65. The molecule has 3 aromatic rings. The molecule has 1 amide bonds. The molecule has 2 aliphatic rings. The Morgan fingerprint density at radius 1 is 1.12 bits per heavy atom. The molecule has 0 bridgehead atoms. The van der Waals surface area contributed by atoms with Gasteiger partial charge in [-0.25, -0.2) is 9.97 Å². The van der Waals surface area contributed by atoms with E-state index in [1.165, 1.54) is 0 Å². The van der Waals surface area contributed by atoms with Gasteiger partial charge in [0.2, 0.25) is 5.95 Å². The monoisotopic (exact) mass is 462 g/mol. The minimum atomic E-state index is -0.171. The topological polar surface area (TPSA) is 124 Å². The molecule has 1 aliphatic carbocycles. The molecule has 1 saturated heterocycles. The highest BCUT2D eigenvalue weighted by atomic mass is 16.5. The van der Waals surface area contributed by atoms with Gasteiger partial charge in [0.25, 0.3) is 5.91 Å². The molecular weight excluding hydrogens is 432 g/mol. The van der Waals surface area contributed by atoms with Crippen LogP contribution in [0.1, 0.15) is 49.4 Å². The first-order valence-corrected chi connectivity index (χ1v) is 11.9. The third-order valence-electron chi connectivity index (χ3n) is 6.60. The number of amides is 1. The van der Waals surface area contributed by atoms with E-state index in [1.54, 1.807) is 18.6 Å². The summed E-state index contributed by atoms with van der Waals surface area (Å²) < 4.78 is 11.8. The SMILES string of the molecule is CC1OCCC1NC(=O)c1cnc(NC2CCC(Oc3cc(N)cc4cccnc34)CC2)nc1. The standard InChI is InChI=1S/C25H30N6O3/c1-15-21(8-10-33-15)31-24(32)17-13-28-25(29-14-17)30-19-4-6-20(7-5-19)34-22-12-18(26)11-16-3-2-9-27-23(16)22/h2-3,9,11-15,19-21H,4-8,10,26H2,1H3,(H,31,32)(H,28,29,30). The number of anilines is 2. The summed E-state index contributed by atoms with van der Waals surface area (Å²) >= 11 is 0. The number of ether oxygens (including phenoxy) is 2. The van der Waals surface area contributed by atoms with Crippen LogP contribution in [0.4, 0.5) is 11.6 Å². The van der Waals surface area contributed by atoms with Crippen molar-refractivity contribution < 1.29 is 14.3 Å². The summed E-state index contributed by atoms with van der Waals surface area (Å²) in [4.78, 5) is 25.6. The van der Waals surface area contributed by atoms with Crippen LogP contribution in [0.25, 0.3) is 10.9 Å². The summed E-state index contributed by atoms with van der Waals surface area (Å²) in [6.45, 7) is 2.64. The first-order chi connectivity index (χ1) is 16.5. The zero-order valence-corrected chi connectivity index (χ0v) is 19.2. The van der Waals surface area contributed by atoms with Crippen molar-refractivity contribution in [3.8, 4) is 5.75 Å². The Morgan fingerprint density at radius 3 is 2.65 bits per heavy atom. The third kappa shape index (κ3) is 5.04. The molecule has 9 nitrogen and oxygen atoms in total. The van der Waals surface area contributed by atoms with Crippen LogP contribution in [0.15, 0.2) is 42.9 Å². The van der Waals surface area contributed by atoms with E-state index >= 15 is 0 Å². The molecule has 178 valence electrons. The van der Waals surface area contributed by atoms with Crippen LogP contribution in [0.2, 0.25) is 0 Å². The molecule has 34 heavy (non-hydrogen) atoms. The average Bonchev–Trinajstić information content (AvgIpc) is 3.25. The van der Waals surface area contributed by atoms with E-state index in [0.717, 1.165) is 48.8 Å². The summed E-state index contributed by atoms with van der Waals surface area (Å²) in [5, 5.41) is 7.36. The summed E-state index contributed by atoms with van der Waals surface area (Å²) in [7, 11) is 0. The van der Waals surface area contributed by atoms with Crippen molar-refractivity contribution in [3.05, 3.63) is 48.4 Å². The summed E-state index contributed by atoms with van der Waals surface area (Å²) in [6.07, 6.45) is 9.54. The fourth-order valence-electron chi connectivity index (χ4n) is 4.65. The zero-order valence-electron chi connectivity index (χ0n) is 19.2. The highest BCUT2D eigenvalue weighted by molar-refractivity contribution is 5.94. The maximum absolute atomic E-state index is 12.4. The van der Waals surface area contributed by atoms with E-state index in [-0.39, 0.29) is 30.2 Å². The number of nitrogen functional groups attached to an aromatic ring is 1. The molecule has 1 saturated carbocycles. The van der Waals surface area contributed by atoms with Crippen LogP contribution in [-0.4, -0.2) is 51.8 Å². The Bertz CT molecular complexity index is 1150. The lowest BCUT2D eigenvalue weighted by atomic mass is 9.93. The molecule has 0 radical (unpaired) electrons. The van der Waals surface area contributed by atoms with E-state index in [4.69, 9.17) is 15.2 Å². The lowest BCUT2D eigenvalue weighted by Crippen LogP contribution is -2.39. The first-order valence-electron chi connectivity index (χ1n) is 11.9. The van der Waals surface area contributed by atoms with Gasteiger partial charge in [-0.1, -0.05) is 6.07 Å². The Labute approximate surface area is 198 Å². The number of fused-ring (bicyclic) bond motifs is 1. The zero-order chi connectivity index (χ0) is 23.5. The minimum Gasteiger partial charge on any atom is -0.488 e. The van der Waals surface area contributed by atoms with Gasteiger partial charge in [-0.3, -0.25) is 9.78 Å². The van der Waals surface area contributed by atoms with Crippen LogP contribution in [0.5, 0.6) is 5.75 Å². The first kappa shape index (κ1) is 22.3. The van der Waals surface area contributed by atoms with Crippen molar-refractivity contribution in [2.24, 2.45) is 0 Å². The molecule has 2 atom stereocenters. The molecule has 2 fully saturated rings. The lowest BCUT2D eigenvalue weighted by Gasteiger charge is -2.29. The second kappa shape index (κ2) is 9.80. The number of benzene rings is 1. The van der Waals surface area contributed by atoms with Crippen molar-refractivity contribution in [3.63, 3.8) is 0 Å². The number of nitrogens with two attached hydrogens (primary N) is 1. The Kier molecular flexibility index (Phi) is 6.44. The van der Waals surface area contributed by atoms with Gasteiger partial charge in [0.05, 0.1) is 23.8 Å². The Hall–Kier alpha value is -3.46. The predicted molar refractivity (Wildman–Crippen MR) is 130 cm³/mol. The Balaban J connectivity index is 1.13. The number of rotatable bonds is 6. The van der Waals surface area contributed by atoms with Crippen LogP contribution in [0.3, 0.4) is 0 Å². The fraction of sp³-hybridized carbons (Fsp3) is 0.440. The van der Waals surface area contributed by atoms with Crippen molar-refractivity contribution >= 4 is 28.4 Å². The molecule has 5 rings (SSSR count). The van der Waals surface area contributed by atoms with Gasteiger partial charge in [0.15, 0.2) is 0 Å². The van der Waals surface area contributed by atoms with E-state index in [9.17, 15) is 4.79 Å². The number of carbonyl (C=O) groups excluding carboxylic acids is 1. The molecule has 0 spiro atoms. The second-order valence-electron chi connectivity index (χ2n) is 9.07. The number of aromatic nitrogens is 3. The van der Waals surface area contributed by atoms with Gasteiger partial charge in [-0.15, -0.1) is 0 Å². The van der Waals surface area contributed by atoms with Crippen LogP contribution in [-0.2, 0) is 4.74 Å². The van der Waals surface area contributed by atoms with Crippen molar-refractivity contribution in [2.75, 3.05) is 17.7 Å². The average molecular weight is 463 g/mol. The molecule has 2 unspecified atom stereocenters. The van der Waals surface area contributed by atoms with Gasteiger partial charge in [0, 0.05) is 48.4 Å². The molecular formula is C25H30N6O3. The molecule has 3 heterocycles. The van der Waals surface area contributed by atoms with Gasteiger partial charge in [0.1, 0.15) is 11.3 Å². The third-order valence-corrected chi connectivity index (χ3v) is 6.60. The van der Waals surface area contributed by atoms with Crippen molar-refractivity contribution in [1.82, 2.24) is 20.3 Å². The molecule has 1 aliphatic heterocycles. The molecule has 2 aromatic heterocycles. The predicted octanol–water partition coefficient (Wildman–Crippen LogP) is 3.32. The lowest BCUT2D eigenvalue weighted by molar-refractivity contribution is 0.0865. The minimum absolute atomic E-state index is 0.0270. The maximum Gasteiger partial charge on any atom is 0.254 e. The number of pyridine rings is 1. The van der Waals surface area contributed by atoms with Crippen LogP contribution in [0, 0.1) is 0 Å². The number of carbonyl (C=O) groups is 1. The molecule has 9 heteroatoms. The van der Waals surface area contributed by atoms with Crippen LogP contribution < -0.4 is 21.1 Å². The second-order valence-corrected chi connectivity index (χ2v) is 9.07.